The molecule has 1 N–H and O–H groups in total. The highest BCUT2D eigenvalue weighted by Gasteiger charge is 2.25. The lowest BCUT2D eigenvalue weighted by molar-refractivity contribution is 0.0939. The Balaban J connectivity index is 1.56. The van der Waals surface area contributed by atoms with Crippen LogP contribution in [0.25, 0.3) is 0 Å². The van der Waals surface area contributed by atoms with Gasteiger partial charge < -0.3 is 14.6 Å². The van der Waals surface area contributed by atoms with Gasteiger partial charge in [0.15, 0.2) is 0 Å². The molecule has 1 aliphatic rings. The van der Waals surface area contributed by atoms with Crippen molar-refractivity contribution in [3.05, 3.63) is 47.3 Å². The number of aryl methyl sites for hydroxylation is 3. The van der Waals surface area contributed by atoms with E-state index in [9.17, 15) is 13.2 Å². The number of aromatic nitrogens is 1. The molecule has 0 saturated heterocycles. The molecule has 0 atom stereocenters. The van der Waals surface area contributed by atoms with Gasteiger partial charge in [-0.15, -0.1) is 0 Å². The second kappa shape index (κ2) is 9.00. The van der Waals surface area contributed by atoms with Crippen molar-refractivity contribution in [2.24, 2.45) is 7.05 Å². The Kier molecular flexibility index (Phi) is 6.64. The van der Waals surface area contributed by atoms with E-state index >= 15 is 0 Å². The lowest BCUT2D eigenvalue weighted by Gasteiger charge is -2.17. The molecule has 1 heterocycles. The molecule has 0 aliphatic heterocycles. The van der Waals surface area contributed by atoms with E-state index in [1.54, 1.807) is 20.9 Å². The number of nitrogens with zero attached hydrogens (tertiary/aromatic N) is 2. The highest BCUT2D eigenvalue weighted by atomic mass is 32.2. The number of amides is 1. The Hall–Kier alpha value is -2.32. The zero-order chi connectivity index (χ0) is 21.0. The van der Waals surface area contributed by atoms with Gasteiger partial charge in [0.05, 0.1) is 6.54 Å². The first-order valence-corrected chi connectivity index (χ1v) is 11.5. The average molecular weight is 420 g/mol. The number of hydrogen-bond acceptors (Lipinski definition) is 4. The number of ether oxygens (including phenoxy) is 1. The van der Waals surface area contributed by atoms with Gasteiger partial charge in [-0.3, -0.25) is 4.79 Å². The van der Waals surface area contributed by atoms with Gasteiger partial charge in [-0.25, -0.2) is 8.42 Å². The lowest BCUT2D eigenvalue weighted by atomic mass is 10.1. The first-order chi connectivity index (χ1) is 13.9. The third-order valence-corrected chi connectivity index (χ3v) is 7.30. The molecule has 8 heteroatoms. The minimum Gasteiger partial charge on any atom is -0.492 e. The molecule has 3 rings (SSSR count). The fourth-order valence-electron chi connectivity index (χ4n) is 3.68. The normalized spacial score (nSPS) is 13.5. The summed E-state index contributed by atoms with van der Waals surface area (Å²) in [5.41, 5.74) is 3.04. The molecule has 0 radical (unpaired) electrons. The number of sulfonamides is 1. The first-order valence-electron chi connectivity index (χ1n) is 10.1. The van der Waals surface area contributed by atoms with Crippen molar-refractivity contribution in [3.63, 3.8) is 0 Å². The second-order valence-corrected chi connectivity index (χ2v) is 9.09. The molecule has 0 bridgehead atoms. The van der Waals surface area contributed by atoms with Crippen molar-refractivity contribution >= 4 is 15.9 Å². The van der Waals surface area contributed by atoms with Crippen molar-refractivity contribution in [2.45, 2.75) is 38.0 Å². The van der Waals surface area contributed by atoms with Crippen LogP contribution in [0.15, 0.2) is 35.4 Å². The van der Waals surface area contributed by atoms with Crippen LogP contribution >= 0.6 is 0 Å². The summed E-state index contributed by atoms with van der Waals surface area (Å²) < 4.78 is 33.9. The summed E-state index contributed by atoms with van der Waals surface area (Å²) in [5.74, 6) is 0.484. The van der Waals surface area contributed by atoms with Crippen LogP contribution in [0.5, 0.6) is 5.75 Å². The molecule has 0 spiro atoms. The molecule has 1 aliphatic carbocycles. The van der Waals surface area contributed by atoms with E-state index < -0.39 is 10.0 Å². The minimum absolute atomic E-state index is 0.128. The minimum atomic E-state index is -3.59. The molecule has 1 aromatic heterocycles. The molecule has 1 aromatic carbocycles. The Labute approximate surface area is 172 Å². The summed E-state index contributed by atoms with van der Waals surface area (Å²) in [5, 5.41) is 2.79. The van der Waals surface area contributed by atoms with Crippen molar-refractivity contribution in [2.75, 3.05) is 26.2 Å². The van der Waals surface area contributed by atoms with Crippen LogP contribution in [0.1, 0.15) is 41.9 Å². The van der Waals surface area contributed by atoms with Crippen LogP contribution in [-0.2, 0) is 29.9 Å². The number of rotatable bonds is 9. The van der Waals surface area contributed by atoms with Gasteiger partial charge in [0.25, 0.3) is 5.91 Å². The summed E-state index contributed by atoms with van der Waals surface area (Å²) in [6.07, 6.45) is 4.89. The Bertz CT molecular complexity index is 978. The Morgan fingerprint density at radius 3 is 2.62 bits per heavy atom. The van der Waals surface area contributed by atoms with Crippen molar-refractivity contribution in [1.29, 1.82) is 0 Å². The Morgan fingerprint density at radius 1 is 1.17 bits per heavy atom. The SMILES string of the molecule is CCN(CC)S(=O)(=O)c1cc(C(=O)NCCOc2ccc3c(c2)CCC3)n(C)c1. The zero-order valence-electron chi connectivity index (χ0n) is 17.3. The van der Waals surface area contributed by atoms with E-state index in [1.807, 2.05) is 6.07 Å². The van der Waals surface area contributed by atoms with E-state index in [4.69, 9.17) is 4.74 Å². The predicted molar refractivity (Wildman–Crippen MR) is 112 cm³/mol. The highest BCUT2D eigenvalue weighted by Crippen LogP contribution is 2.26. The summed E-state index contributed by atoms with van der Waals surface area (Å²) in [6.45, 7) is 5.03. The van der Waals surface area contributed by atoms with Gasteiger partial charge in [0.1, 0.15) is 22.9 Å². The van der Waals surface area contributed by atoms with Crippen molar-refractivity contribution in [1.82, 2.24) is 14.2 Å². The molecule has 7 nitrogen and oxygen atoms in total. The predicted octanol–water partition coefficient (Wildman–Crippen LogP) is 2.35. The maximum Gasteiger partial charge on any atom is 0.268 e. The third kappa shape index (κ3) is 4.64. The monoisotopic (exact) mass is 419 g/mol. The number of fused-ring (bicyclic) bond motifs is 1. The number of hydrogen-bond donors (Lipinski definition) is 1. The number of carbonyl (C=O) groups excluding carboxylic acids is 1. The van der Waals surface area contributed by atoms with Gasteiger partial charge >= 0.3 is 0 Å². The van der Waals surface area contributed by atoms with Crippen LogP contribution < -0.4 is 10.1 Å². The van der Waals surface area contributed by atoms with Crippen LogP contribution in [0, 0.1) is 0 Å². The summed E-state index contributed by atoms with van der Waals surface area (Å²) in [4.78, 5) is 12.6. The van der Waals surface area contributed by atoms with Crippen LogP contribution in [0.4, 0.5) is 0 Å². The lowest BCUT2D eigenvalue weighted by Crippen LogP contribution is -2.30. The molecule has 0 unspecified atom stereocenters. The number of nitrogens with one attached hydrogen (secondary N) is 1. The van der Waals surface area contributed by atoms with Crippen LogP contribution in [-0.4, -0.2) is 49.4 Å². The third-order valence-electron chi connectivity index (χ3n) is 5.28. The molecule has 0 saturated carbocycles. The zero-order valence-corrected chi connectivity index (χ0v) is 18.1. The van der Waals surface area contributed by atoms with Gasteiger partial charge in [0, 0.05) is 26.3 Å². The molecular weight excluding hydrogens is 390 g/mol. The fourth-order valence-corrected chi connectivity index (χ4v) is 5.21. The van der Waals surface area contributed by atoms with E-state index in [0.29, 0.717) is 31.9 Å². The van der Waals surface area contributed by atoms with Crippen LogP contribution in [0.3, 0.4) is 0 Å². The van der Waals surface area contributed by atoms with Gasteiger partial charge in [-0.2, -0.15) is 4.31 Å². The smallest absolute Gasteiger partial charge is 0.268 e. The quantitative estimate of drug-likeness (QED) is 0.633. The van der Waals surface area contributed by atoms with Gasteiger partial charge in [-0.1, -0.05) is 19.9 Å². The maximum absolute atomic E-state index is 12.6. The molecular formula is C21H29N3O4S. The second-order valence-electron chi connectivity index (χ2n) is 7.15. The fraction of sp³-hybridized carbons (Fsp3) is 0.476. The maximum atomic E-state index is 12.6. The summed E-state index contributed by atoms with van der Waals surface area (Å²) in [6, 6.07) is 7.57. The van der Waals surface area contributed by atoms with Crippen molar-refractivity contribution < 1.29 is 17.9 Å². The molecule has 2 aromatic rings. The van der Waals surface area contributed by atoms with Crippen LogP contribution in [0.2, 0.25) is 0 Å². The van der Waals surface area contributed by atoms with Crippen molar-refractivity contribution in [3.8, 4) is 5.75 Å². The topological polar surface area (TPSA) is 80.6 Å². The van der Waals surface area contributed by atoms with Gasteiger partial charge in [0.2, 0.25) is 10.0 Å². The Morgan fingerprint density at radius 2 is 1.90 bits per heavy atom. The van der Waals surface area contributed by atoms with Gasteiger partial charge in [-0.05, 0) is 48.6 Å². The summed E-state index contributed by atoms with van der Waals surface area (Å²) >= 11 is 0. The largest absolute Gasteiger partial charge is 0.492 e. The molecule has 0 fully saturated rings. The molecule has 29 heavy (non-hydrogen) atoms. The number of benzene rings is 1. The average Bonchev–Trinajstić information content (AvgIpc) is 3.32. The molecule has 158 valence electrons. The van der Waals surface area contributed by atoms with E-state index in [2.05, 4.69) is 17.4 Å². The van der Waals surface area contributed by atoms with E-state index in [0.717, 1.165) is 18.6 Å². The highest BCUT2D eigenvalue weighted by molar-refractivity contribution is 7.89. The number of carbonyl (C=O) groups is 1. The van der Waals surface area contributed by atoms with E-state index in [-0.39, 0.29) is 10.8 Å². The standard InChI is InChI=1S/C21H29N3O4S/c1-4-24(5-2)29(26,27)19-14-20(23(3)15-19)21(25)22-11-12-28-18-10-9-16-7-6-8-17(16)13-18/h9-10,13-15H,4-8,11-12H2,1-3H3,(H,22,25). The molecule has 1 amide bonds. The summed E-state index contributed by atoms with van der Waals surface area (Å²) in [7, 11) is -1.93. The first kappa shape index (κ1) is 21.4. The van der Waals surface area contributed by atoms with E-state index in [1.165, 1.54) is 38.7 Å².